The minimum atomic E-state index is -0.854. The second kappa shape index (κ2) is 5.77. The molecule has 1 rings (SSSR count). The summed E-state index contributed by atoms with van der Waals surface area (Å²) in [5, 5.41) is 12.7. The van der Waals surface area contributed by atoms with Crippen molar-refractivity contribution in [3.05, 3.63) is 29.6 Å². The molecule has 0 aliphatic carbocycles. The Morgan fingerprint density at radius 1 is 1.59 bits per heavy atom. The molecule has 1 heterocycles. The zero-order valence-electron chi connectivity index (χ0n) is 10.7. The van der Waals surface area contributed by atoms with Gasteiger partial charge in [-0.1, -0.05) is 19.4 Å². The van der Waals surface area contributed by atoms with Gasteiger partial charge >= 0.3 is 0 Å². The summed E-state index contributed by atoms with van der Waals surface area (Å²) >= 11 is 0. The number of pyridine rings is 1. The Morgan fingerprint density at radius 3 is 2.88 bits per heavy atom. The average Bonchev–Trinajstić information content (AvgIpc) is 2.27. The van der Waals surface area contributed by atoms with Crippen molar-refractivity contribution in [2.45, 2.75) is 39.2 Å². The molecule has 0 spiro atoms. The number of carbonyl (C=O) groups is 1. The van der Waals surface area contributed by atoms with E-state index in [1.54, 1.807) is 19.2 Å². The molecular formula is C13H20N2O2. The average molecular weight is 236 g/mol. The van der Waals surface area contributed by atoms with Crippen molar-refractivity contribution in [2.75, 3.05) is 6.54 Å². The molecule has 1 aromatic heterocycles. The van der Waals surface area contributed by atoms with Crippen LogP contribution in [-0.2, 0) is 0 Å². The molecule has 0 aliphatic heterocycles. The molecule has 4 nitrogen and oxygen atoms in total. The summed E-state index contributed by atoms with van der Waals surface area (Å²) in [6.07, 6.45) is 3.13. The van der Waals surface area contributed by atoms with E-state index >= 15 is 0 Å². The van der Waals surface area contributed by atoms with Gasteiger partial charge in [-0.3, -0.25) is 9.78 Å². The molecule has 94 valence electrons. The summed E-state index contributed by atoms with van der Waals surface area (Å²) in [5.74, 6) is -0.237. The van der Waals surface area contributed by atoms with E-state index in [1.807, 2.05) is 19.9 Å². The minimum Gasteiger partial charge on any atom is -0.388 e. The Labute approximate surface area is 102 Å². The SMILES string of the molecule is CCCC(C)(O)CNC(=O)c1ncccc1C. The van der Waals surface area contributed by atoms with Gasteiger partial charge < -0.3 is 10.4 Å². The molecule has 1 amide bonds. The van der Waals surface area contributed by atoms with Crippen molar-refractivity contribution in [1.29, 1.82) is 0 Å². The smallest absolute Gasteiger partial charge is 0.270 e. The molecule has 0 aliphatic rings. The van der Waals surface area contributed by atoms with Crippen molar-refractivity contribution in [3.8, 4) is 0 Å². The van der Waals surface area contributed by atoms with Gasteiger partial charge in [0.25, 0.3) is 5.91 Å². The lowest BCUT2D eigenvalue weighted by molar-refractivity contribution is 0.0468. The number of aromatic nitrogens is 1. The normalized spacial score (nSPS) is 14.1. The molecule has 1 atom stereocenters. The van der Waals surface area contributed by atoms with E-state index in [0.29, 0.717) is 12.1 Å². The molecule has 1 unspecified atom stereocenters. The van der Waals surface area contributed by atoms with Crippen molar-refractivity contribution < 1.29 is 9.90 Å². The first-order chi connectivity index (χ1) is 7.96. The Balaban J connectivity index is 2.59. The van der Waals surface area contributed by atoms with Gasteiger partial charge in [-0.25, -0.2) is 0 Å². The van der Waals surface area contributed by atoms with Gasteiger partial charge in [0, 0.05) is 12.7 Å². The number of hydrogen-bond acceptors (Lipinski definition) is 3. The van der Waals surface area contributed by atoms with E-state index in [-0.39, 0.29) is 12.5 Å². The predicted molar refractivity (Wildman–Crippen MR) is 66.8 cm³/mol. The molecule has 0 saturated heterocycles. The van der Waals surface area contributed by atoms with Crippen LogP contribution in [0.3, 0.4) is 0 Å². The summed E-state index contributed by atoms with van der Waals surface area (Å²) in [7, 11) is 0. The fraction of sp³-hybridized carbons (Fsp3) is 0.538. The maximum Gasteiger partial charge on any atom is 0.270 e. The number of carbonyl (C=O) groups excluding carboxylic acids is 1. The first kappa shape index (κ1) is 13.6. The molecule has 2 N–H and O–H groups in total. The van der Waals surface area contributed by atoms with Crippen molar-refractivity contribution in [2.24, 2.45) is 0 Å². The second-order valence-corrected chi connectivity index (χ2v) is 4.60. The molecule has 0 aromatic carbocycles. The van der Waals surface area contributed by atoms with E-state index in [2.05, 4.69) is 10.3 Å². The second-order valence-electron chi connectivity index (χ2n) is 4.60. The highest BCUT2D eigenvalue weighted by Gasteiger charge is 2.20. The van der Waals surface area contributed by atoms with E-state index in [9.17, 15) is 9.90 Å². The number of rotatable bonds is 5. The summed E-state index contributed by atoms with van der Waals surface area (Å²) in [6.45, 7) is 5.81. The number of hydrogen-bond donors (Lipinski definition) is 2. The van der Waals surface area contributed by atoms with Crippen LogP contribution in [0.2, 0.25) is 0 Å². The lowest BCUT2D eigenvalue weighted by Crippen LogP contribution is -2.40. The number of nitrogens with one attached hydrogen (secondary N) is 1. The molecular weight excluding hydrogens is 216 g/mol. The number of nitrogens with zero attached hydrogens (tertiary/aromatic N) is 1. The molecule has 17 heavy (non-hydrogen) atoms. The van der Waals surface area contributed by atoms with Gasteiger partial charge in [0.05, 0.1) is 5.60 Å². The first-order valence-electron chi connectivity index (χ1n) is 5.88. The highest BCUT2D eigenvalue weighted by molar-refractivity contribution is 5.93. The van der Waals surface area contributed by atoms with Crippen LogP contribution in [0.4, 0.5) is 0 Å². The van der Waals surface area contributed by atoms with E-state index in [4.69, 9.17) is 0 Å². The highest BCUT2D eigenvalue weighted by atomic mass is 16.3. The minimum absolute atomic E-state index is 0.237. The topological polar surface area (TPSA) is 62.2 Å². The lowest BCUT2D eigenvalue weighted by Gasteiger charge is -2.22. The van der Waals surface area contributed by atoms with Gasteiger partial charge in [-0.05, 0) is 31.9 Å². The Bertz CT molecular complexity index is 389. The highest BCUT2D eigenvalue weighted by Crippen LogP contribution is 2.10. The summed E-state index contributed by atoms with van der Waals surface area (Å²) in [5.41, 5.74) is 0.396. The van der Waals surface area contributed by atoms with Crippen molar-refractivity contribution in [1.82, 2.24) is 10.3 Å². The van der Waals surface area contributed by atoms with E-state index in [0.717, 1.165) is 12.0 Å². The molecule has 0 fully saturated rings. The maximum absolute atomic E-state index is 11.8. The zero-order chi connectivity index (χ0) is 12.9. The molecule has 0 bridgehead atoms. The third-order valence-corrected chi connectivity index (χ3v) is 2.64. The monoisotopic (exact) mass is 236 g/mol. The van der Waals surface area contributed by atoms with E-state index in [1.165, 1.54) is 0 Å². The van der Waals surface area contributed by atoms with Crippen LogP contribution in [0, 0.1) is 6.92 Å². The predicted octanol–water partition coefficient (Wildman–Crippen LogP) is 1.67. The van der Waals surface area contributed by atoms with Gasteiger partial charge in [-0.15, -0.1) is 0 Å². The van der Waals surface area contributed by atoms with Gasteiger partial charge in [0.1, 0.15) is 5.69 Å². The van der Waals surface area contributed by atoms with Gasteiger partial charge in [0.15, 0.2) is 0 Å². The Hall–Kier alpha value is -1.42. The van der Waals surface area contributed by atoms with Crippen LogP contribution in [-0.4, -0.2) is 28.1 Å². The van der Waals surface area contributed by atoms with Crippen LogP contribution in [0.1, 0.15) is 42.7 Å². The van der Waals surface area contributed by atoms with Crippen LogP contribution >= 0.6 is 0 Å². The third kappa shape index (κ3) is 4.15. The standard InChI is InChI=1S/C13H20N2O2/c1-4-7-13(3,17)9-15-12(16)11-10(2)6-5-8-14-11/h5-6,8,17H,4,7,9H2,1-3H3,(H,15,16). The number of aliphatic hydroxyl groups is 1. The van der Waals surface area contributed by atoms with Crippen LogP contribution in [0.25, 0.3) is 0 Å². The first-order valence-corrected chi connectivity index (χ1v) is 5.88. The molecule has 0 saturated carbocycles. The quantitative estimate of drug-likeness (QED) is 0.817. The van der Waals surface area contributed by atoms with Gasteiger partial charge in [0.2, 0.25) is 0 Å². The molecule has 1 aromatic rings. The summed E-state index contributed by atoms with van der Waals surface area (Å²) < 4.78 is 0. The van der Waals surface area contributed by atoms with Gasteiger partial charge in [-0.2, -0.15) is 0 Å². The molecule has 4 heteroatoms. The fourth-order valence-corrected chi connectivity index (χ4v) is 1.70. The lowest BCUT2D eigenvalue weighted by atomic mass is 10.0. The Kier molecular flexibility index (Phi) is 4.63. The number of amides is 1. The van der Waals surface area contributed by atoms with Crippen LogP contribution in [0.5, 0.6) is 0 Å². The zero-order valence-corrected chi connectivity index (χ0v) is 10.7. The van der Waals surface area contributed by atoms with Crippen LogP contribution < -0.4 is 5.32 Å². The Morgan fingerprint density at radius 2 is 2.29 bits per heavy atom. The molecule has 0 radical (unpaired) electrons. The van der Waals surface area contributed by atoms with E-state index < -0.39 is 5.60 Å². The van der Waals surface area contributed by atoms with Crippen molar-refractivity contribution >= 4 is 5.91 Å². The maximum atomic E-state index is 11.8. The van der Waals surface area contributed by atoms with Crippen LogP contribution in [0.15, 0.2) is 18.3 Å². The third-order valence-electron chi connectivity index (χ3n) is 2.64. The number of aryl methyl sites for hydroxylation is 1. The summed E-state index contributed by atoms with van der Waals surface area (Å²) in [4.78, 5) is 15.9. The summed E-state index contributed by atoms with van der Waals surface area (Å²) in [6, 6.07) is 3.63. The van der Waals surface area contributed by atoms with Crippen molar-refractivity contribution in [3.63, 3.8) is 0 Å². The largest absolute Gasteiger partial charge is 0.388 e. The fourth-order valence-electron chi connectivity index (χ4n) is 1.70.